The first-order chi connectivity index (χ1) is 9.79. The summed E-state index contributed by atoms with van der Waals surface area (Å²) in [7, 11) is 0. The van der Waals surface area contributed by atoms with Crippen LogP contribution in [0.3, 0.4) is 0 Å². The Hall–Kier alpha value is -2.09. The molecular weight excluding hydrogens is 248 g/mol. The molecule has 0 atom stereocenters. The van der Waals surface area contributed by atoms with Crippen LogP contribution < -0.4 is 4.74 Å². The SMILES string of the molecule is CCC(=O)c1cccc(-c2cccc3c2OCCC3)c1. The predicted molar refractivity (Wildman–Crippen MR) is 80.3 cm³/mol. The average molecular weight is 266 g/mol. The first-order valence-electron chi connectivity index (χ1n) is 7.18. The summed E-state index contributed by atoms with van der Waals surface area (Å²) < 4.78 is 5.85. The lowest BCUT2D eigenvalue weighted by Crippen LogP contribution is -2.09. The van der Waals surface area contributed by atoms with Crippen LogP contribution in [0.15, 0.2) is 42.5 Å². The average Bonchev–Trinajstić information content (AvgIpc) is 2.53. The van der Waals surface area contributed by atoms with Gasteiger partial charge in [-0.25, -0.2) is 0 Å². The van der Waals surface area contributed by atoms with Gasteiger partial charge < -0.3 is 4.74 Å². The number of hydrogen-bond acceptors (Lipinski definition) is 2. The third kappa shape index (κ3) is 2.34. The van der Waals surface area contributed by atoms with Crippen LogP contribution in [0, 0.1) is 0 Å². The van der Waals surface area contributed by atoms with E-state index in [9.17, 15) is 4.79 Å². The second-order valence-corrected chi connectivity index (χ2v) is 5.10. The van der Waals surface area contributed by atoms with E-state index < -0.39 is 0 Å². The normalized spacial score (nSPS) is 13.4. The number of ether oxygens (including phenoxy) is 1. The predicted octanol–water partition coefficient (Wildman–Crippen LogP) is 4.27. The van der Waals surface area contributed by atoms with E-state index in [0.29, 0.717) is 6.42 Å². The first-order valence-corrected chi connectivity index (χ1v) is 7.18. The zero-order valence-electron chi connectivity index (χ0n) is 11.7. The standard InChI is InChI=1S/C18H18O2/c1-2-17(19)15-8-3-7-14(12-15)16-10-4-6-13-9-5-11-20-18(13)16/h3-4,6-8,10,12H,2,5,9,11H2,1H3. The van der Waals surface area contributed by atoms with Crippen LogP contribution in [0.2, 0.25) is 0 Å². The summed E-state index contributed by atoms with van der Waals surface area (Å²) in [6, 6.07) is 14.1. The Kier molecular flexibility index (Phi) is 3.55. The molecule has 0 saturated carbocycles. The first kappa shape index (κ1) is 12.9. The maximum atomic E-state index is 11.9. The topological polar surface area (TPSA) is 26.3 Å². The fourth-order valence-corrected chi connectivity index (χ4v) is 2.68. The molecule has 1 heterocycles. The summed E-state index contributed by atoms with van der Waals surface area (Å²) in [5.41, 5.74) is 4.19. The summed E-state index contributed by atoms with van der Waals surface area (Å²) in [6.07, 6.45) is 2.68. The number of para-hydroxylation sites is 1. The molecule has 0 fully saturated rings. The fraction of sp³-hybridized carbons (Fsp3) is 0.278. The van der Waals surface area contributed by atoms with Crippen molar-refractivity contribution in [2.24, 2.45) is 0 Å². The van der Waals surface area contributed by atoms with E-state index >= 15 is 0 Å². The van der Waals surface area contributed by atoms with Crippen molar-refractivity contribution in [3.8, 4) is 16.9 Å². The zero-order chi connectivity index (χ0) is 13.9. The maximum Gasteiger partial charge on any atom is 0.162 e. The second kappa shape index (κ2) is 5.49. The largest absolute Gasteiger partial charge is 0.493 e. The molecule has 1 aliphatic rings. The molecule has 0 aliphatic carbocycles. The number of Topliss-reactive ketones (excluding diaryl/α,β-unsaturated/α-hetero) is 1. The number of benzene rings is 2. The van der Waals surface area contributed by atoms with Gasteiger partial charge in [-0.2, -0.15) is 0 Å². The Bertz CT molecular complexity index is 644. The molecule has 1 aliphatic heterocycles. The highest BCUT2D eigenvalue weighted by atomic mass is 16.5. The van der Waals surface area contributed by atoms with Crippen molar-refractivity contribution in [3.05, 3.63) is 53.6 Å². The Labute approximate surface area is 119 Å². The van der Waals surface area contributed by atoms with Crippen LogP contribution >= 0.6 is 0 Å². The van der Waals surface area contributed by atoms with Crippen molar-refractivity contribution in [1.29, 1.82) is 0 Å². The van der Waals surface area contributed by atoms with Gasteiger partial charge in [-0.15, -0.1) is 0 Å². The molecule has 0 unspecified atom stereocenters. The van der Waals surface area contributed by atoms with E-state index in [0.717, 1.165) is 41.9 Å². The van der Waals surface area contributed by atoms with E-state index in [1.165, 1.54) is 5.56 Å². The summed E-state index contributed by atoms with van der Waals surface area (Å²) in [4.78, 5) is 11.9. The minimum atomic E-state index is 0.178. The molecule has 0 saturated heterocycles. The van der Waals surface area contributed by atoms with Crippen LogP contribution in [0.5, 0.6) is 5.75 Å². The minimum absolute atomic E-state index is 0.178. The maximum absolute atomic E-state index is 11.9. The molecule has 2 aromatic rings. The third-order valence-corrected chi connectivity index (χ3v) is 3.75. The molecule has 2 heteroatoms. The number of aryl methyl sites for hydroxylation is 1. The Morgan fingerprint density at radius 2 is 2.05 bits per heavy atom. The van der Waals surface area contributed by atoms with Crippen LogP contribution in [0.4, 0.5) is 0 Å². The summed E-state index contributed by atoms with van der Waals surface area (Å²) in [5, 5.41) is 0. The molecule has 0 spiro atoms. The van der Waals surface area contributed by atoms with Crippen LogP contribution in [-0.4, -0.2) is 12.4 Å². The van der Waals surface area contributed by atoms with Gasteiger partial charge in [-0.3, -0.25) is 4.79 Å². The van der Waals surface area contributed by atoms with Gasteiger partial charge in [0.05, 0.1) is 6.61 Å². The Morgan fingerprint density at radius 1 is 1.20 bits per heavy atom. The smallest absolute Gasteiger partial charge is 0.162 e. The number of hydrogen-bond donors (Lipinski definition) is 0. The number of carbonyl (C=O) groups is 1. The highest BCUT2D eigenvalue weighted by Gasteiger charge is 2.16. The van der Waals surface area contributed by atoms with Crippen molar-refractivity contribution in [1.82, 2.24) is 0 Å². The van der Waals surface area contributed by atoms with Gasteiger partial charge in [0.1, 0.15) is 5.75 Å². The molecule has 20 heavy (non-hydrogen) atoms. The molecule has 102 valence electrons. The molecule has 3 rings (SSSR count). The quantitative estimate of drug-likeness (QED) is 0.775. The van der Waals surface area contributed by atoms with Crippen LogP contribution in [-0.2, 0) is 6.42 Å². The number of carbonyl (C=O) groups excluding carboxylic acids is 1. The molecule has 2 aromatic carbocycles. The third-order valence-electron chi connectivity index (χ3n) is 3.75. The van der Waals surface area contributed by atoms with Crippen LogP contribution in [0.1, 0.15) is 35.7 Å². The van der Waals surface area contributed by atoms with Gasteiger partial charge in [0.15, 0.2) is 5.78 Å². The van der Waals surface area contributed by atoms with E-state index in [2.05, 4.69) is 18.2 Å². The summed E-state index contributed by atoms with van der Waals surface area (Å²) >= 11 is 0. The molecule has 0 amide bonds. The lowest BCUT2D eigenvalue weighted by Gasteiger charge is -2.20. The van der Waals surface area contributed by atoms with Gasteiger partial charge in [0, 0.05) is 17.5 Å². The van der Waals surface area contributed by atoms with E-state index in [4.69, 9.17) is 4.74 Å². The Balaban J connectivity index is 2.07. The lowest BCUT2D eigenvalue weighted by atomic mass is 9.95. The van der Waals surface area contributed by atoms with Crippen molar-refractivity contribution < 1.29 is 9.53 Å². The van der Waals surface area contributed by atoms with Gasteiger partial charge in [0.25, 0.3) is 0 Å². The number of fused-ring (bicyclic) bond motifs is 1. The highest BCUT2D eigenvalue weighted by molar-refractivity contribution is 5.97. The number of rotatable bonds is 3. The van der Waals surface area contributed by atoms with Gasteiger partial charge in [0.2, 0.25) is 0 Å². The zero-order valence-corrected chi connectivity index (χ0v) is 11.7. The van der Waals surface area contributed by atoms with Crippen molar-refractivity contribution in [2.75, 3.05) is 6.61 Å². The molecule has 0 radical (unpaired) electrons. The summed E-state index contributed by atoms with van der Waals surface area (Å²) in [5.74, 6) is 1.16. The van der Waals surface area contributed by atoms with Crippen molar-refractivity contribution in [3.63, 3.8) is 0 Å². The molecule has 0 bridgehead atoms. The molecular formula is C18H18O2. The van der Waals surface area contributed by atoms with Crippen molar-refractivity contribution in [2.45, 2.75) is 26.2 Å². The van der Waals surface area contributed by atoms with Gasteiger partial charge >= 0.3 is 0 Å². The molecule has 2 nitrogen and oxygen atoms in total. The lowest BCUT2D eigenvalue weighted by molar-refractivity contribution is 0.0988. The fourth-order valence-electron chi connectivity index (χ4n) is 2.68. The monoisotopic (exact) mass is 266 g/mol. The van der Waals surface area contributed by atoms with Crippen LogP contribution in [0.25, 0.3) is 11.1 Å². The molecule has 0 N–H and O–H groups in total. The minimum Gasteiger partial charge on any atom is -0.493 e. The number of ketones is 1. The van der Waals surface area contributed by atoms with Gasteiger partial charge in [-0.05, 0) is 30.0 Å². The molecule has 0 aromatic heterocycles. The van der Waals surface area contributed by atoms with E-state index in [1.807, 2.05) is 31.2 Å². The van der Waals surface area contributed by atoms with E-state index in [1.54, 1.807) is 0 Å². The Morgan fingerprint density at radius 3 is 2.90 bits per heavy atom. The highest BCUT2D eigenvalue weighted by Crippen LogP contribution is 2.36. The van der Waals surface area contributed by atoms with Crippen molar-refractivity contribution >= 4 is 5.78 Å². The second-order valence-electron chi connectivity index (χ2n) is 5.10. The van der Waals surface area contributed by atoms with E-state index in [-0.39, 0.29) is 5.78 Å². The van der Waals surface area contributed by atoms with Gasteiger partial charge in [-0.1, -0.05) is 43.3 Å². The summed E-state index contributed by atoms with van der Waals surface area (Å²) in [6.45, 7) is 2.67.